The fourth-order valence-electron chi connectivity index (χ4n) is 2.57. The minimum atomic E-state index is 0.0694. The molecular formula is C14H17N3O. The molecule has 0 saturated heterocycles. The quantitative estimate of drug-likeness (QED) is 0.850. The summed E-state index contributed by atoms with van der Waals surface area (Å²) >= 11 is 0. The molecule has 18 heavy (non-hydrogen) atoms. The maximum absolute atomic E-state index is 12.5. The van der Waals surface area contributed by atoms with Crippen LogP contribution in [0.5, 0.6) is 0 Å². The lowest BCUT2D eigenvalue weighted by Gasteiger charge is -2.12. The first-order chi connectivity index (χ1) is 8.68. The Labute approximate surface area is 106 Å². The first kappa shape index (κ1) is 11.1. The summed E-state index contributed by atoms with van der Waals surface area (Å²) in [6.45, 7) is 5.16. The smallest absolute Gasteiger partial charge is 0.276 e. The largest absolute Gasteiger partial charge is 0.370 e. The van der Waals surface area contributed by atoms with Gasteiger partial charge in [0.1, 0.15) is 5.82 Å². The van der Waals surface area contributed by atoms with Crippen molar-refractivity contribution in [3.63, 3.8) is 0 Å². The van der Waals surface area contributed by atoms with Crippen LogP contribution < -0.4 is 10.9 Å². The third-order valence-electron chi connectivity index (χ3n) is 3.62. The molecule has 2 heterocycles. The van der Waals surface area contributed by atoms with Crippen LogP contribution in [0.2, 0.25) is 0 Å². The first-order valence-corrected chi connectivity index (χ1v) is 6.32. The molecule has 1 aliphatic heterocycles. The Morgan fingerprint density at radius 1 is 1.28 bits per heavy atom. The average Bonchev–Trinajstić information content (AvgIpc) is 2.91. The molecule has 0 amide bonds. The predicted octanol–water partition coefficient (Wildman–Crippen LogP) is 2.33. The Morgan fingerprint density at radius 3 is 2.67 bits per heavy atom. The van der Waals surface area contributed by atoms with E-state index in [9.17, 15) is 4.79 Å². The number of nitrogens with one attached hydrogen (secondary N) is 2. The van der Waals surface area contributed by atoms with Gasteiger partial charge in [-0.2, -0.15) is 0 Å². The number of aromatic amines is 1. The molecule has 0 saturated carbocycles. The van der Waals surface area contributed by atoms with Gasteiger partial charge in [-0.3, -0.25) is 9.89 Å². The van der Waals surface area contributed by atoms with Crippen LogP contribution in [0.3, 0.4) is 0 Å². The molecule has 1 aromatic heterocycles. The van der Waals surface area contributed by atoms with Gasteiger partial charge >= 0.3 is 0 Å². The third kappa shape index (κ3) is 1.56. The molecule has 94 valence electrons. The van der Waals surface area contributed by atoms with Gasteiger partial charge in [-0.15, -0.1) is 0 Å². The molecule has 0 bridgehead atoms. The zero-order valence-corrected chi connectivity index (χ0v) is 10.6. The van der Waals surface area contributed by atoms with Crippen LogP contribution in [0.1, 0.15) is 25.3 Å². The van der Waals surface area contributed by atoms with Gasteiger partial charge in [0, 0.05) is 12.5 Å². The van der Waals surface area contributed by atoms with Crippen LogP contribution >= 0.6 is 0 Å². The molecule has 0 fully saturated rings. The number of H-pyrrole nitrogens is 1. The number of anilines is 1. The molecule has 1 unspecified atom stereocenters. The predicted molar refractivity (Wildman–Crippen MR) is 72.5 cm³/mol. The summed E-state index contributed by atoms with van der Waals surface area (Å²) in [7, 11) is 0. The van der Waals surface area contributed by atoms with E-state index in [2.05, 4.69) is 24.3 Å². The van der Waals surface area contributed by atoms with Gasteiger partial charge in [-0.25, -0.2) is 4.68 Å². The SMILES string of the molecule is CC(C)C1CNc2[nH]n(-c3ccccc3)c(=O)c21. The number of benzene rings is 1. The minimum absolute atomic E-state index is 0.0694. The molecule has 2 N–H and O–H groups in total. The van der Waals surface area contributed by atoms with Crippen LogP contribution in [0.25, 0.3) is 5.69 Å². The van der Waals surface area contributed by atoms with Crippen molar-refractivity contribution in [3.8, 4) is 5.69 Å². The zero-order chi connectivity index (χ0) is 12.7. The summed E-state index contributed by atoms with van der Waals surface area (Å²) < 4.78 is 1.62. The molecule has 2 aromatic rings. The number of aromatic nitrogens is 2. The highest BCUT2D eigenvalue weighted by molar-refractivity contribution is 5.52. The topological polar surface area (TPSA) is 49.8 Å². The molecule has 0 spiro atoms. The summed E-state index contributed by atoms with van der Waals surface area (Å²) in [6, 6.07) is 9.66. The van der Waals surface area contributed by atoms with Crippen LogP contribution in [-0.4, -0.2) is 16.3 Å². The highest BCUT2D eigenvalue weighted by Crippen LogP contribution is 2.32. The maximum atomic E-state index is 12.5. The third-order valence-corrected chi connectivity index (χ3v) is 3.62. The lowest BCUT2D eigenvalue weighted by atomic mass is 9.92. The molecule has 4 heteroatoms. The molecule has 4 nitrogen and oxygen atoms in total. The van der Waals surface area contributed by atoms with Crippen LogP contribution in [0.4, 0.5) is 5.82 Å². The number of fused-ring (bicyclic) bond motifs is 1. The fraction of sp³-hybridized carbons (Fsp3) is 0.357. The van der Waals surface area contributed by atoms with Crippen molar-refractivity contribution >= 4 is 5.82 Å². The summed E-state index contributed by atoms with van der Waals surface area (Å²) in [4.78, 5) is 12.5. The van der Waals surface area contributed by atoms with Gasteiger partial charge < -0.3 is 5.32 Å². The molecule has 1 atom stereocenters. The van der Waals surface area contributed by atoms with Gasteiger partial charge in [0.25, 0.3) is 5.56 Å². The first-order valence-electron chi connectivity index (χ1n) is 6.32. The number of hydrogen-bond acceptors (Lipinski definition) is 2. The molecular weight excluding hydrogens is 226 g/mol. The Bertz CT molecular complexity index is 610. The zero-order valence-electron chi connectivity index (χ0n) is 10.6. The van der Waals surface area contributed by atoms with Crippen molar-refractivity contribution in [2.24, 2.45) is 5.92 Å². The van der Waals surface area contributed by atoms with Crippen molar-refractivity contribution < 1.29 is 0 Å². The molecule has 3 rings (SSSR count). The van der Waals surface area contributed by atoms with Gasteiger partial charge in [-0.1, -0.05) is 32.0 Å². The lowest BCUT2D eigenvalue weighted by molar-refractivity contribution is 0.528. The second-order valence-electron chi connectivity index (χ2n) is 5.11. The van der Waals surface area contributed by atoms with Gasteiger partial charge in [0.15, 0.2) is 0 Å². The van der Waals surface area contributed by atoms with E-state index >= 15 is 0 Å². The van der Waals surface area contributed by atoms with E-state index < -0.39 is 0 Å². The molecule has 1 aliphatic rings. The second kappa shape index (κ2) is 4.05. The molecule has 0 radical (unpaired) electrons. The van der Waals surface area contributed by atoms with E-state index in [1.165, 1.54) is 0 Å². The second-order valence-corrected chi connectivity index (χ2v) is 5.11. The average molecular weight is 243 g/mol. The van der Waals surface area contributed by atoms with Crippen molar-refractivity contribution in [2.45, 2.75) is 19.8 Å². The summed E-state index contributed by atoms with van der Waals surface area (Å²) in [6.07, 6.45) is 0. The highest BCUT2D eigenvalue weighted by Gasteiger charge is 2.31. The highest BCUT2D eigenvalue weighted by atomic mass is 16.1. The number of para-hydroxylation sites is 1. The lowest BCUT2D eigenvalue weighted by Crippen LogP contribution is -2.22. The number of rotatable bonds is 2. The van der Waals surface area contributed by atoms with E-state index in [1.54, 1.807) is 4.68 Å². The Balaban J connectivity index is 2.12. The summed E-state index contributed by atoms with van der Waals surface area (Å²) in [5, 5.41) is 6.44. The van der Waals surface area contributed by atoms with Gasteiger partial charge in [0.2, 0.25) is 0 Å². The summed E-state index contributed by atoms with van der Waals surface area (Å²) in [5.41, 5.74) is 1.84. The molecule has 1 aromatic carbocycles. The van der Waals surface area contributed by atoms with Crippen LogP contribution in [0, 0.1) is 5.92 Å². The Kier molecular flexibility index (Phi) is 2.51. The van der Waals surface area contributed by atoms with E-state index in [-0.39, 0.29) is 5.56 Å². The van der Waals surface area contributed by atoms with Crippen molar-refractivity contribution in [1.82, 2.24) is 9.78 Å². The van der Waals surface area contributed by atoms with Gasteiger partial charge in [0.05, 0.1) is 11.3 Å². The van der Waals surface area contributed by atoms with Crippen LogP contribution in [0.15, 0.2) is 35.1 Å². The van der Waals surface area contributed by atoms with E-state index in [0.29, 0.717) is 11.8 Å². The number of nitrogens with zero attached hydrogens (tertiary/aromatic N) is 1. The van der Waals surface area contributed by atoms with Gasteiger partial charge in [-0.05, 0) is 18.1 Å². The normalized spacial score (nSPS) is 17.8. The van der Waals surface area contributed by atoms with E-state index in [4.69, 9.17) is 0 Å². The summed E-state index contributed by atoms with van der Waals surface area (Å²) in [5.74, 6) is 1.64. The Hall–Kier alpha value is -1.97. The van der Waals surface area contributed by atoms with Crippen molar-refractivity contribution in [2.75, 3.05) is 11.9 Å². The van der Waals surface area contributed by atoms with E-state index in [1.807, 2.05) is 30.3 Å². The standard InChI is InChI=1S/C14H17N3O/c1-9(2)11-8-15-13-12(11)14(18)17(16-13)10-6-4-3-5-7-10/h3-7,9,11,15-16H,8H2,1-2H3. The van der Waals surface area contributed by atoms with Crippen molar-refractivity contribution in [1.29, 1.82) is 0 Å². The molecule has 0 aliphatic carbocycles. The fourth-order valence-corrected chi connectivity index (χ4v) is 2.57. The maximum Gasteiger partial charge on any atom is 0.276 e. The van der Waals surface area contributed by atoms with E-state index in [0.717, 1.165) is 23.6 Å². The number of hydrogen-bond donors (Lipinski definition) is 2. The van der Waals surface area contributed by atoms with Crippen molar-refractivity contribution in [3.05, 3.63) is 46.2 Å². The monoisotopic (exact) mass is 243 g/mol. The Morgan fingerprint density at radius 2 is 2.00 bits per heavy atom. The minimum Gasteiger partial charge on any atom is -0.370 e. The van der Waals surface area contributed by atoms with Crippen LogP contribution in [-0.2, 0) is 0 Å².